The third-order valence-corrected chi connectivity index (χ3v) is 3.23. The first kappa shape index (κ1) is 12.8. The second kappa shape index (κ2) is 5.78. The minimum atomic E-state index is 0.194. The van der Waals surface area contributed by atoms with Crippen LogP contribution in [0.1, 0.15) is 35.5 Å². The number of H-pyrrole nitrogens is 1. The van der Waals surface area contributed by atoms with Crippen molar-refractivity contribution < 1.29 is 0 Å². The maximum Gasteiger partial charge on any atom is 0.141 e. The third-order valence-electron chi connectivity index (χ3n) is 3.23. The highest BCUT2D eigenvalue weighted by Crippen LogP contribution is 2.17. The molecule has 0 fully saturated rings. The van der Waals surface area contributed by atoms with Crippen LogP contribution < -0.4 is 5.32 Å². The van der Waals surface area contributed by atoms with Crippen LogP contribution in [0.25, 0.3) is 0 Å². The molecule has 2 rings (SSSR count). The first-order valence-corrected chi connectivity index (χ1v) is 6.35. The Balaban J connectivity index is 2.16. The van der Waals surface area contributed by atoms with Crippen molar-refractivity contribution in [1.82, 2.24) is 20.5 Å². The van der Waals surface area contributed by atoms with Gasteiger partial charge in [0.1, 0.15) is 12.2 Å². The highest BCUT2D eigenvalue weighted by molar-refractivity contribution is 5.30. The van der Waals surface area contributed by atoms with Gasteiger partial charge in [-0.05, 0) is 43.5 Å². The molecule has 0 saturated carbocycles. The summed E-state index contributed by atoms with van der Waals surface area (Å²) in [4.78, 5) is 4.24. The molecule has 0 bridgehead atoms. The summed E-state index contributed by atoms with van der Waals surface area (Å²) in [6.45, 7) is 7.30. The van der Waals surface area contributed by atoms with E-state index in [1.54, 1.807) is 6.33 Å². The van der Waals surface area contributed by atoms with Crippen LogP contribution in [0.4, 0.5) is 0 Å². The van der Waals surface area contributed by atoms with Gasteiger partial charge in [-0.1, -0.05) is 25.1 Å². The number of aryl methyl sites for hydroxylation is 2. The smallest absolute Gasteiger partial charge is 0.141 e. The molecule has 2 aromatic rings. The van der Waals surface area contributed by atoms with Crippen LogP contribution in [0.15, 0.2) is 24.5 Å². The summed E-state index contributed by atoms with van der Waals surface area (Å²) < 4.78 is 0. The van der Waals surface area contributed by atoms with Crippen LogP contribution in [0.5, 0.6) is 0 Å². The summed E-state index contributed by atoms with van der Waals surface area (Å²) in [5, 5.41) is 10.3. The molecule has 2 N–H and O–H groups in total. The molecule has 96 valence electrons. The van der Waals surface area contributed by atoms with Crippen LogP contribution in [0, 0.1) is 13.8 Å². The average molecular weight is 244 g/mol. The van der Waals surface area contributed by atoms with E-state index in [0.717, 1.165) is 18.8 Å². The number of hydrogen-bond donors (Lipinski definition) is 2. The SMILES string of the molecule is CCNC(Cc1ccc(C)c(C)c1)c1ncn[nH]1. The monoisotopic (exact) mass is 244 g/mol. The molecule has 0 spiro atoms. The van der Waals surface area contributed by atoms with E-state index in [4.69, 9.17) is 0 Å². The predicted molar refractivity (Wildman–Crippen MR) is 72.4 cm³/mol. The van der Waals surface area contributed by atoms with Gasteiger partial charge in [0.25, 0.3) is 0 Å². The normalized spacial score (nSPS) is 12.6. The Labute approximate surface area is 108 Å². The van der Waals surface area contributed by atoms with E-state index in [2.05, 4.69) is 59.5 Å². The Morgan fingerprint density at radius 3 is 2.72 bits per heavy atom. The Morgan fingerprint density at radius 1 is 1.28 bits per heavy atom. The first-order valence-electron chi connectivity index (χ1n) is 6.35. The van der Waals surface area contributed by atoms with Crippen LogP contribution in [0.2, 0.25) is 0 Å². The molecule has 18 heavy (non-hydrogen) atoms. The van der Waals surface area contributed by atoms with Crippen molar-refractivity contribution in [2.24, 2.45) is 0 Å². The Kier molecular flexibility index (Phi) is 4.10. The van der Waals surface area contributed by atoms with Gasteiger partial charge in [0.15, 0.2) is 0 Å². The maximum absolute atomic E-state index is 4.24. The third kappa shape index (κ3) is 2.96. The molecular weight excluding hydrogens is 224 g/mol. The molecule has 4 heteroatoms. The lowest BCUT2D eigenvalue weighted by atomic mass is 10.0. The van der Waals surface area contributed by atoms with Crippen molar-refractivity contribution in [3.63, 3.8) is 0 Å². The highest BCUT2D eigenvalue weighted by atomic mass is 15.2. The van der Waals surface area contributed by atoms with Crippen LogP contribution >= 0.6 is 0 Å². The summed E-state index contributed by atoms with van der Waals surface area (Å²) in [5.41, 5.74) is 3.99. The number of nitrogens with zero attached hydrogens (tertiary/aromatic N) is 2. The van der Waals surface area contributed by atoms with Gasteiger partial charge in [-0.2, -0.15) is 5.10 Å². The van der Waals surface area contributed by atoms with E-state index in [9.17, 15) is 0 Å². The second-order valence-electron chi connectivity index (χ2n) is 4.60. The van der Waals surface area contributed by atoms with E-state index in [0.29, 0.717) is 0 Å². The summed E-state index contributed by atoms with van der Waals surface area (Å²) >= 11 is 0. The van der Waals surface area contributed by atoms with E-state index < -0.39 is 0 Å². The summed E-state index contributed by atoms with van der Waals surface area (Å²) in [6.07, 6.45) is 2.48. The van der Waals surface area contributed by atoms with Gasteiger partial charge in [0, 0.05) is 0 Å². The molecule has 1 aromatic carbocycles. The highest BCUT2D eigenvalue weighted by Gasteiger charge is 2.14. The van der Waals surface area contributed by atoms with Crippen molar-refractivity contribution >= 4 is 0 Å². The van der Waals surface area contributed by atoms with E-state index in [1.165, 1.54) is 16.7 Å². The lowest BCUT2D eigenvalue weighted by Crippen LogP contribution is -2.24. The number of likely N-dealkylation sites (N-methyl/N-ethyl adjacent to an activating group) is 1. The molecule has 1 atom stereocenters. The zero-order chi connectivity index (χ0) is 13.0. The van der Waals surface area contributed by atoms with Gasteiger partial charge in [-0.3, -0.25) is 5.10 Å². The molecular formula is C14H20N4. The van der Waals surface area contributed by atoms with Gasteiger partial charge in [-0.15, -0.1) is 0 Å². The number of nitrogens with one attached hydrogen (secondary N) is 2. The molecule has 0 aliphatic heterocycles. The van der Waals surface area contributed by atoms with Crippen molar-refractivity contribution in [1.29, 1.82) is 0 Å². The summed E-state index contributed by atoms with van der Waals surface area (Å²) in [7, 11) is 0. The largest absolute Gasteiger partial charge is 0.307 e. The number of aromatic nitrogens is 3. The molecule has 0 saturated heterocycles. The van der Waals surface area contributed by atoms with E-state index in [1.807, 2.05) is 0 Å². The predicted octanol–water partition coefficient (Wildman–Crippen LogP) is 2.31. The van der Waals surface area contributed by atoms with Crippen molar-refractivity contribution in [3.05, 3.63) is 47.0 Å². The summed E-state index contributed by atoms with van der Waals surface area (Å²) in [6, 6.07) is 6.80. The van der Waals surface area contributed by atoms with E-state index >= 15 is 0 Å². The quantitative estimate of drug-likeness (QED) is 0.848. The fraction of sp³-hybridized carbons (Fsp3) is 0.429. The topological polar surface area (TPSA) is 53.6 Å². The lowest BCUT2D eigenvalue weighted by Gasteiger charge is -2.15. The molecule has 1 unspecified atom stereocenters. The lowest BCUT2D eigenvalue weighted by molar-refractivity contribution is 0.523. The maximum atomic E-state index is 4.24. The van der Waals surface area contributed by atoms with Crippen LogP contribution in [-0.4, -0.2) is 21.7 Å². The zero-order valence-corrected chi connectivity index (χ0v) is 11.2. The minimum absolute atomic E-state index is 0.194. The van der Waals surface area contributed by atoms with Crippen molar-refractivity contribution in [2.45, 2.75) is 33.2 Å². The molecule has 0 aliphatic carbocycles. The fourth-order valence-electron chi connectivity index (χ4n) is 2.06. The first-order chi connectivity index (χ1) is 8.70. The number of benzene rings is 1. The van der Waals surface area contributed by atoms with Crippen molar-refractivity contribution in [3.8, 4) is 0 Å². The van der Waals surface area contributed by atoms with Gasteiger partial charge in [-0.25, -0.2) is 4.98 Å². The van der Waals surface area contributed by atoms with Crippen LogP contribution in [-0.2, 0) is 6.42 Å². The number of rotatable bonds is 5. The number of aromatic amines is 1. The number of hydrogen-bond acceptors (Lipinski definition) is 3. The molecule has 4 nitrogen and oxygen atoms in total. The van der Waals surface area contributed by atoms with E-state index in [-0.39, 0.29) is 6.04 Å². The Bertz CT molecular complexity index is 491. The van der Waals surface area contributed by atoms with Gasteiger partial charge in [0.05, 0.1) is 6.04 Å². The van der Waals surface area contributed by atoms with Gasteiger partial charge in [0.2, 0.25) is 0 Å². The van der Waals surface area contributed by atoms with Gasteiger partial charge >= 0.3 is 0 Å². The van der Waals surface area contributed by atoms with Gasteiger partial charge < -0.3 is 5.32 Å². The Morgan fingerprint density at radius 2 is 2.11 bits per heavy atom. The van der Waals surface area contributed by atoms with Crippen LogP contribution in [0.3, 0.4) is 0 Å². The second-order valence-corrected chi connectivity index (χ2v) is 4.60. The molecule has 0 radical (unpaired) electrons. The zero-order valence-electron chi connectivity index (χ0n) is 11.2. The standard InChI is InChI=1S/C14H20N4/c1-4-15-13(14-16-9-17-18-14)8-12-6-5-10(2)11(3)7-12/h5-7,9,13,15H,4,8H2,1-3H3,(H,16,17,18). The fourth-order valence-corrected chi connectivity index (χ4v) is 2.06. The average Bonchev–Trinajstić information content (AvgIpc) is 2.87. The summed E-state index contributed by atoms with van der Waals surface area (Å²) in [5.74, 6) is 0.898. The molecule has 0 aliphatic rings. The van der Waals surface area contributed by atoms with Crippen molar-refractivity contribution in [2.75, 3.05) is 6.54 Å². The molecule has 1 aromatic heterocycles. The minimum Gasteiger partial charge on any atom is -0.307 e. The Hall–Kier alpha value is -1.68. The molecule has 0 amide bonds. The molecule has 1 heterocycles.